The van der Waals surface area contributed by atoms with Crippen LogP contribution >= 0.6 is 0 Å². The van der Waals surface area contributed by atoms with E-state index in [4.69, 9.17) is 0 Å². The molecule has 8 heteroatoms. The zero-order valence-corrected chi connectivity index (χ0v) is 11.8. The molecule has 0 atom stereocenters. The van der Waals surface area contributed by atoms with Crippen LogP contribution in [0.2, 0.25) is 0 Å². The lowest BCUT2D eigenvalue weighted by atomic mass is 10.3. The highest BCUT2D eigenvalue weighted by molar-refractivity contribution is 5.81. The van der Waals surface area contributed by atoms with E-state index in [1.54, 1.807) is 11.9 Å². The highest BCUT2D eigenvalue weighted by Crippen LogP contribution is 2.27. The zero-order chi connectivity index (χ0) is 15.1. The van der Waals surface area contributed by atoms with Gasteiger partial charge in [-0.1, -0.05) is 6.92 Å². The van der Waals surface area contributed by atoms with Gasteiger partial charge in [-0.2, -0.15) is 0 Å². The van der Waals surface area contributed by atoms with Crippen LogP contribution in [0.4, 0.5) is 17.3 Å². The third-order valence-electron chi connectivity index (χ3n) is 2.71. The lowest BCUT2D eigenvalue weighted by Gasteiger charge is -2.22. The first-order chi connectivity index (χ1) is 9.53. The van der Waals surface area contributed by atoms with Crippen molar-refractivity contribution in [2.24, 2.45) is 0 Å². The van der Waals surface area contributed by atoms with Crippen LogP contribution in [0.5, 0.6) is 0 Å². The van der Waals surface area contributed by atoms with Gasteiger partial charge >= 0.3 is 5.69 Å². The molecule has 0 saturated carbocycles. The third kappa shape index (κ3) is 3.81. The maximum Gasteiger partial charge on any atom is 0.311 e. The zero-order valence-electron chi connectivity index (χ0n) is 11.8. The van der Waals surface area contributed by atoms with E-state index in [1.165, 1.54) is 19.2 Å². The van der Waals surface area contributed by atoms with Crippen LogP contribution in [-0.4, -0.2) is 43.0 Å². The molecule has 0 spiro atoms. The second-order valence-electron chi connectivity index (χ2n) is 4.14. The quantitative estimate of drug-likeness (QED) is 0.571. The number of carbonyl (C=O) groups excluding carboxylic acids is 1. The van der Waals surface area contributed by atoms with E-state index >= 15 is 0 Å². The molecule has 0 unspecified atom stereocenters. The molecular weight excluding hydrogens is 262 g/mol. The summed E-state index contributed by atoms with van der Waals surface area (Å²) in [5.74, 6) is 0.500. The van der Waals surface area contributed by atoms with Gasteiger partial charge in [-0.25, -0.2) is 4.98 Å². The number of hydrogen-bond acceptors (Lipinski definition) is 6. The van der Waals surface area contributed by atoms with Crippen molar-refractivity contribution in [3.8, 4) is 0 Å². The van der Waals surface area contributed by atoms with Gasteiger partial charge in [0, 0.05) is 26.7 Å². The maximum atomic E-state index is 11.5. The molecule has 0 aliphatic carbocycles. The second-order valence-corrected chi connectivity index (χ2v) is 4.14. The van der Waals surface area contributed by atoms with E-state index in [1.807, 2.05) is 6.92 Å². The minimum absolute atomic E-state index is 0.0331. The van der Waals surface area contributed by atoms with Crippen LogP contribution in [0.15, 0.2) is 12.1 Å². The first kappa shape index (κ1) is 15.7. The molecule has 8 nitrogen and oxygen atoms in total. The lowest BCUT2D eigenvalue weighted by molar-refractivity contribution is -0.384. The molecule has 0 aliphatic rings. The van der Waals surface area contributed by atoms with Crippen LogP contribution in [0.1, 0.15) is 13.3 Å². The minimum Gasteiger partial charge on any atom is -0.373 e. The lowest BCUT2D eigenvalue weighted by Crippen LogP contribution is -2.37. The van der Waals surface area contributed by atoms with Gasteiger partial charge in [-0.05, 0) is 12.5 Å². The van der Waals surface area contributed by atoms with Crippen molar-refractivity contribution in [2.45, 2.75) is 13.3 Å². The molecular formula is C12H19N5O3. The fourth-order valence-electron chi connectivity index (χ4n) is 1.74. The molecule has 0 aliphatic heterocycles. The number of nitro groups is 1. The summed E-state index contributed by atoms with van der Waals surface area (Å²) in [5.41, 5.74) is -0.110. The first-order valence-corrected chi connectivity index (χ1v) is 6.32. The molecule has 0 saturated heterocycles. The summed E-state index contributed by atoms with van der Waals surface area (Å²) in [6.45, 7) is 2.48. The number of rotatable bonds is 7. The Kier molecular flexibility index (Phi) is 5.70. The van der Waals surface area contributed by atoms with E-state index in [0.29, 0.717) is 12.4 Å². The van der Waals surface area contributed by atoms with Crippen molar-refractivity contribution < 1.29 is 9.72 Å². The summed E-state index contributed by atoms with van der Waals surface area (Å²) < 4.78 is 0. The molecule has 110 valence electrons. The van der Waals surface area contributed by atoms with Gasteiger partial charge in [-0.3, -0.25) is 14.9 Å². The van der Waals surface area contributed by atoms with E-state index < -0.39 is 4.92 Å². The van der Waals surface area contributed by atoms with E-state index in [-0.39, 0.29) is 24.0 Å². The Morgan fingerprint density at radius 1 is 1.45 bits per heavy atom. The summed E-state index contributed by atoms with van der Waals surface area (Å²) in [6, 6.07) is 2.92. The Balaban J connectivity index is 3.21. The van der Waals surface area contributed by atoms with Crippen molar-refractivity contribution in [3.05, 3.63) is 22.2 Å². The summed E-state index contributed by atoms with van der Waals surface area (Å²) in [7, 11) is 3.21. The fraction of sp³-hybridized carbons (Fsp3) is 0.500. The van der Waals surface area contributed by atoms with Gasteiger partial charge in [0.15, 0.2) is 0 Å². The minimum atomic E-state index is -0.492. The van der Waals surface area contributed by atoms with E-state index in [2.05, 4.69) is 15.6 Å². The molecule has 0 radical (unpaired) electrons. The molecule has 1 heterocycles. The molecule has 0 aromatic carbocycles. The van der Waals surface area contributed by atoms with Crippen molar-refractivity contribution in [1.29, 1.82) is 0 Å². The van der Waals surface area contributed by atoms with Crippen LogP contribution in [-0.2, 0) is 4.79 Å². The summed E-state index contributed by atoms with van der Waals surface area (Å²) in [5, 5.41) is 16.4. The molecule has 1 aromatic rings. The van der Waals surface area contributed by atoms with Gasteiger partial charge < -0.3 is 15.5 Å². The average molecular weight is 281 g/mol. The number of likely N-dealkylation sites (N-methyl/N-ethyl adjacent to an activating group) is 1. The number of anilines is 2. The molecule has 1 amide bonds. The Hall–Kier alpha value is -2.38. The summed E-state index contributed by atoms with van der Waals surface area (Å²) in [6.07, 6.45) is 0.750. The highest BCUT2D eigenvalue weighted by Gasteiger charge is 2.22. The second kappa shape index (κ2) is 7.27. The largest absolute Gasteiger partial charge is 0.373 e. The number of nitrogens with zero attached hydrogens (tertiary/aromatic N) is 3. The summed E-state index contributed by atoms with van der Waals surface area (Å²) >= 11 is 0. The van der Waals surface area contributed by atoms with Gasteiger partial charge in [0.05, 0.1) is 11.5 Å². The average Bonchev–Trinajstić information content (AvgIpc) is 2.45. The smallest absolute Gasteiger partial charge is 0.311 e. The summed E-state index contributed by atoms with van der Waals surface area (Å²) in [4.78, 5) is 28.0. The standard InChI is InChI=1S/C12H19N5O3/c1-4-7-16(8-11(18)14-3)12-9(17(19)20)5-6-10(13-2)15-12/h5-6H,4,7-8H2,1-3H3,(H,13,15)(H,14,18). The monoisotopic (exact) mass is 281 g/mol. The van der Waals surface area contributed by atoms with Crippen LogP contribution in [0, 0.1) is 10.1 Å². The van der Waals surface area contributed by atoms with E-state index in [0.717, 1.165) is 6.42 Å². The fourth-order valence-corrected chi connectivity index (χ4v) is 1.74. The Morgan fingerprint density at radius 2 is 2.15 bits per heavy atom. The van der Waals surface area contributed by atoms with Crippen molar-refractivity contribution >= 4 is 23.2 Å². The Labute approximate surface area is 117 Å². The number of pyridine rings is 1. The Morgan fingerprint density at radius 3 is 2.65 bits per heavy atom. The normalized spacial score (nSPS) is 9.95. The van der Waals surface area contributed by atoms with Gasteiger partial charge in [-0.15, -0.1) is 0 Å². The molecule has 1 rings (SSSR count). The predicted octanol–water partition coefficient (Wildman–Crippen LogP) is 0.994. The predicted molar refractivity (Wildman–Crippen MR) is 77.0 cm³/mol. The molecule has 2 N–H and O–H groups in total. The van der Waals surface area contributed by atoms with E-state index in [9.17, 15) is 14.9 Å². The first-order valence-electron chi connectivity index (χ1n) is 6.32. The van der Waals surface area contributed by atoms with Crippen molar-refractivity contribution in [3.63, 3.8) is 0 Å². The van der Waals surface area contributed by atoms with Gasteiger partial charge in [0.25, 0.3) is 0 Å². The van der Waals surface area contributed by atoms with Gasteiger partial charge in [0.2, 0.25) is 11.7 Å². The molecule has 1 aromatic heterocycles. The Bertz CT molecular complexity index is 492. The number of hydrogen-bond donors (Lipinski definition) is 2. The van der Waals surface area contributed by atoms with Crippen molar-refractivity contribution in [1.82, 2.24) is 10.3 Å². The maximum absolute atomic E-state index is 11.5. The number of carbonyl (C=O) groups is 1. The third-order valence-corrected chi connectivity index (χ3v) is 2.71. The topological polar surface area (TPSA) is 100 Å². The van der Waals surface area contributed by atoms with Crippen molar-refractivity contribution in [2.75, 3.05) is 37.4 Å². The number of aromatic nitrogens is 1. The molecule has 0 fully saturated rings. The SMILES string of the molecule is CCCN(CC(=O)NC)c1nc(NC)ccc1[N+](=O)[O-]. The molecule has 20 heavy (non-hydrogen) atoms. The molecule has 0 bridgehead atoms. The van der Waals surface area contributed by atoms with Crippen LogP contribution in [0.3, 0.4) is 0 Å². The number of nitrogens with one attached hydrogen (secondary N) is 2. The highest BCUT2D eigenvalue weighted by atomic mass is 16.6. The number of amides is 1. The van der Waals surface area contributed by atoms with Crippen LogP contribution < -0.4 is 15.5 Å². The van der Waals surface area contributed by atoms with Gasteiger partial charge in [0.1, 0.15) is 5.82 Å². The van der Waals surface area contributed by atoms with Crippen LogP contribution in [0.25, 0.3) is 0 Å².